The lowest BCUT2D eigenvalue weighted by atomic mass is 10.1. The van der Waals surface area contributed by atoms with Crippen molar-refractivity contribution in [1.29, 1.82) is 0 Å². The Kier molecular flexibility index (Phi) is 4.12. The van der Waals surface area contributed by atoms with E-state index in [-0.39, 0.29) is 16.8 Å². The van der Waals surface area contributed by atoms with Crippen molar-refractivity contribution in [2.24, 2.45) is 11.7 Å². The van der Waals surface area contributed by atoms with Gasteiger partial charge in [-0.05, 0) is 29.8 Å². The molecule has 6 heteroatoms. The van der Waals surface area contributed by atoms with E-state index in [9.17, 15) is 8.42 Å². The monoisotopic (exact) mass is 347 g/mol. The van der Waals surface area contributed by atoms with Gasteiger partial charge >= 0.3 is 0 Å². The summed E-state index contributed by atoms with van der Waals surface area (Å²) in [6.07, 6.45) is 0. The lowest BCUT2D eigenvalue weighted by Gasteiger charge is -2.05. The summed E-state index contributed by atoms with van der Waals surface area (Å²) in [6.45, 7) is 0. The average Bonchev–Trinajstić information content (AvgIpc) is 3.32. The van der Waals surface area contributed by atoms with Crippen LogP contribution in [0.3, 0.4) is 0 Å². The first-order valence-electron chi connectivity index (χ1n) is 7.19. The Morgan fingerprint density at radius 2 is 1.70 bits per heavy atom. The molecule has 2 N–H and O–H groups in total. The molecular weight excluding hydrogens is 330 g/mol. The van der Waals surface area contributed by atoms with Gasteiger partial charge in [-0.3, -0.25) is 0 Å². The molecular formula is C17H17NO3S2. The van der Waals surface area contributed by atoms with Gasteiger partial charge in [0.2, 0.25) is 0 Å². The Hall–Kier alpha value is -1.92. The zero-order valence-electron chi connectivity index (χ0n) is 12.5. The number of ether oxygens (including phenoxy) is 1. The summed E-state index contributed by atoms with van der Waals surface area (Å²) in [4.78, 5) is 0.553. The molecule has 1 fully saturated rings. The maximum absolute atomic E-state index is 12.9. The maximum atomic E-state index is 12.9. The van der Waals surface area contributed by atoms with Crippen molar-refractivity contribution in [3.63, 3.8) is 0 Å². The zero-order valence-corrected chi connectivity index (χ0v) is 14.2. The first-order valence-corrected chi connectivity index (χ1v) is 9.14. The quantitative estimate of drug-likeness (QED) is 0.842. The van der Waals surface area contributed by atoms with Crippen LogP contribution in [-0.4, -0.2) is 25.8 Å². The molecule has 0 radical (unpaired) electrons. The van der Waals surface area contributed by atoms with Gasteiger partial charge in [0.25, 0.3) is 0 Å². The number of methoxy groups -OCH3 is 1. The first-order chi connectivity index (χ1) is 11.0. The van der Waals surface area contributed by atoms with Crippen LogP contribution in [0.15, 0.2) is 59.5 Å². The highest BCUT2D eigenvalue weighted by Crippen LogP contribution is 2.54. The van der Waals surface area contributed by atoms with Gasteiger partial charge < -0.3 is 10.5 Å². The smallest absolute Gasteiger partial charge is 0.182 e. The standard InChI is InChI=1S/C17H17NO3S2/c1-21-12-9-7-11(8-10-12)14-15(17(18)22)16(14)23(19,20)13-5-3-2-4-6-13/h2-10,14-16H,1H3,(H2,18,22). The number of nitrogens with two attached hydrogens (primary N) is 1. The maximum Gasteiger partial charge on any atom is 0.182 e. The highest BCUT2D eigenvalue weighted by Gasteiger charge is 2.60. The van der Waals surface area contributed by atoms with Gasteiger partial charge in [0.05, 0.1) is 22.2 Å². The molecule has 3 atom stereocenters. The topological polar surface area (TPSA) is 69.4 Å². The number of rotatable bonds is 5. The summed E-state index contributed by atoms with van der Waals surface area (Å²) in [5.41, 5.74) is 6.70. The number of hydrogen-bond acceptors (Lipinski definition) is 4. The number of benzene rings is 2. The largest absolute Gasteiger partial charge is 0.497 e. The van der Waals surface area contributed by atoms with Gasteiger partial charge in [0, 0.05) is 11.8 Å². The van der Waals surface area contributed by atoms with Gasteiger partial charge in [-0.1, -0.05) is 42.5 Å². The second-order valence-electron chi connectivity index (χ2n) is 5.55. The molecule has 0 spiro atoms. The second kappa shape index (κ2) is 5.94. The molecule has 3 unspecified atom stereocenters. The van der Waals surface area contributed by atoms with E-state index in [0.717, 1.165) is 11.3 Å². The molecule has 120 valence electrons. The minimum absolute atomic E-state index is 0.205. The third kappa shape index (κ3) is 2.84. The molecule has 0 bridgehead atoms. The summed E-state index contributed by atoms with van der Waals surface area (Å²) >= 11 is 5.09. The van der Waals surface area contributed by atoms with Gasteiger partial charge in [0.1, 0.15) is 5.75 Å². The Morgan fingerprint density at radius 3 is 2.22 bits per heavy atom. The van der Waals surface area contributed by atoms with Crippen LogP contribution in [0, 0.1) is 5.92 Å². The third-order valence-corrected chi connectivity index (χ3v) is 6.72. The van der Waals surface area contributed by atoms with Crippen molar-refractivity contribution in [3.8, 4) is 5.75 Å². The van der Waals surface area contributed by atoms with Crippen LogP contribution >= 0.6 is 12.2 Å². The molecule has 4 nitrogen and oxygen atoms in total. The van der Waals surface area contributed by atoms with Crippen LogP contribution in [0.5, 0.6) is 5.75 Å². The summed E-state index contributed by atoms with van der Waals surface area (Å²) in [5.74, 6) is 0.191. The Labute approximate surface area is 141 Å². The lowest BCUT2D eigenvalue weighted by Crippen LogP contribution is -2.17. The molecule has 1 saturated carbocycles. The van der Waals surface area contributed by atoms with Crippen LogP contribution in [0.25, 0.3) is 0 Å². The molecule has 0 saturated heterocycles. The van der Waals surface area contributed by atoms with Crippen LogP contribution in [-0.2, 0) is 9.84 Å². The number of thiocarbonyl (C=S) groups is 1. The van der Waals surface area contributed by atoms with E-state index in [0.29, 0.717) is 4.90 Å². The molecule has 0 aliphatic heterocycles. The highest BCUT2D eigenvalue weighted by molar-refractivity contribution is 7.92. The second-order valence-corrected chi connectivity index (χ2v) is 8.13. The molecule has 1 aliphatic carbocycles. The van der Waals surface area contributed by atoms with Crippen molar-refractivity contribution in [3.05, 3.63) is 60.2 Å². The zero-order chi connectivity index (χ0) is 16.6. The predicted molar refractivity (Wildman–Crippen MR) is 93.4 cm³/mol. The lowest BCUT2D eigenvalue weighted by molar-refractivity contribution is 0.414. The van der Waals surface area contributed by atoms with E-state index >= 15 is 0 Å². The van der Waals surface area contributed by atoms with Crippen LogP contribution < -0.4 is 10.5 Å². The molecule has 0 aromatic heterocycles. The Balaban J connectivity index is 1.96. The van der Waals surface area contributed by atoms with E-state index in [4.69, 9.17) is 22.7 Å². The van der Waals surface area contributed by atoms with Crippen molar-refractivity contribution in [1.82, 2.24) is 0 Å². The van der Waals surface area contributed by atoms with Crippen molar-refractivity contribution in [2.75, 3.05) is 7.11 Å². The molecule has 3 rings (SSSR count). The molecule has 0 heterocycles. The van der Waals surface area contributed by atoms with Crippen molar-refractivity contribution >= 4 is 27.0 Å². The minimum atomic E-state index is -3.47. The molecule has 0 amide bonds. The van der Waals surface area contributed by atoms with E-state index in [1.54, 1.807) is 37.4 Å². The fourth-order valence-corrected chi connectivity index (χ4v) is 5.55. The normalized spacial score (nSPS) is 23.3. The van der Waals surface area contributed by atoms with Crippen molar-refractivity contribution < 1.29 is 13.2 Å². The van der Waals surface area contributed by atoms with E-state index in [1.807, 2.05) is 24.3 Å². The molecule has 2 aromatic carbocycles. The van der Waals surface area contributed by atoms with Gasteiger partial charge in [0.15, 0.2) is 9.84 Å². The molecule has 2 aromatic rings. The predicted octanol–water partition coefficient (Wildman–Crippen LogP) is 2.54. The van der Waals surface area contributed by atoms with E-state index in [2.05, 4.69) is 0 Å². The van der Waals surface area contributed by atoms with Crippen molar-refractivity contribution in [2.45, 2.75) is 16.1 Å². The Morgan fingerprint density at radius 1 is 1.09 bits per heavy atom. The third-order valence-electron chi connectivity index (χ3n) is 4.21. The summed E-state index contributed by atoms with van der Waals surface area (Å²) in [6, 6.07) is 15.8. The summed E-state index contributed by atoms with van der Waals surface area (Å²) in [5, 5.41) is -0.601. The van der Waals surface area contributed by atoms with Gasteiger partial charge in [-0.2, -0.15) is 0 Å². The number of sulfone groups is 1. The van der Waals surface area contributed by atoms with Crippen LogP contribution in [0.2, 0.25) is 0 Å². The van der Waals surface area contributed by atoms with Gasteiger partial charge in [-0.15, -0.1) is 0 Å². The molecule has 23 heavy (non-hydrogen) atoms. The fraction of sp³-hybridized carbons (Fsp3) is 0.235. The van der Waals surface area contributed by atoms with E-state index < -0.39 is 15.1 Å². The first kappa shape index (κ1) is 16.0. The molecule has 1 aliphatic rings. The van der Waals surface area contributed by atoms with E-state index in [1.165, 1.54) is 0 Å². The minimum Gasteiger partial charge on any atom is -0.497 e. The van der Waals surface area contributed by atoms with Crippen LogP contribution in [0.4, 0.5) is 0 Å². The fourth-order valence-electron chi connectivity index (χ4n) is 3.00. The van der Waals surface area contributed by atoms with Crippen LogP contribution in [0.1, 0.15) is 11.5 Å². The Bertz CT molecular complexity index is 817. The van der Waals surface area contributed by atoms with Gasteiger partial charge in [-0.25, -0.2) is 8.42 Å². The summed E-state index contributed by atoms with van der Waals surface area (Å²) < 4.78 is 30.9. The highest BCUT2D eigenvalue weighted by atomic mass is 32.2. The number of hydrogen-bond donors (Lipinski definition) is 1. The SMILES string of the molecule is COc1ccc(C2C(C(N)=S)C2S(=O)(=O)c2ccccc2)cc1. The summed E-state index contributed by atoms with van der Waals surface area (Å²) in [7, 11) is -1.88. The average molecular weight is 347 g/mol.